The fraction of sp³-hybridized carbons (Fsp3) is 0.812. The summed E-state index contributed by atoms with van der Waals surface area (Å²) >= 11 is 1.80. The average molecular weight is 309 g/mol. The third-order valence-corrected chi connectivity index (χ3v) is 6.29. The first-order valence-corrected chi connectivity index (χ1v) is 8.87. The van der Waals surface area contributed by atoms with Gasteiger partial charge in [0.1, 0.15) is 0 Å². The second-order valence-electron chi connectivity index (χ2n) is 6.66. The van der Waals surface area contributed by atoms with Crippen molar-refractivity contribution in [3.8, 4) is 0 Å². The molecular weight excluding hydrogens is 282 g/mol. The van der Waals surface area contributed by atoms with E-state index in [9.17, 15) is 0 Å². The van der Waals surface area contributed by atoms with Crippen molar-refractivity contribution < 1.29 is 4.74 Å². The molecule has 1 aromatic heterocycles. The molecule has 2 atom stereocenters. The summed E-state index contributed by atoms with van der Waals surface area (Å²) in [4.78, 5) is 11.0. The molecule has 4 nitrogen and oxygen atoms in total. The summed E-state index contributed by atoms with van der Waals surface area (Å²) in [6, 6.07) is 0. The molecule has 3 heterocycles. The smallest absolute Gasteiger partial charge is 0.0798 e. The van der Waals surface area contributed by atoms with Gasteiger partial charge in [-0.3, -0.25) is 4.90 Å². The first-order valence-electron chi connectivity index (χ1n) is 7.99. The molecule has 2 aliphatic heterocycles. The number of ether oxygens (including phenoxy) is 1. The maximum atomic E-state index is 5.51. The minimum atomic E-state index is 0.449. The van der Waals surface area contributed by atoms with Gasteiger partial charge in [0.2, 0.25) is 0 Å². The number of aryl methyl sites for hydroxylation is 1. The largest absolute Gasteiger partial charge is 0.384 e. The zero-order valence-electron chi connectivity index (χ0n) is 13.5. The lowest BCUT2D eigenvalue weighted by Crippen LogP contribution is -2.36. The summed E-state index contributed by atoms with van der Waals surface area (Å²) in [5.74, 6) is 0.690. The lowest BCUT2D eigenvalue weighted by molar-refractivity contribution is 0.0959. The number of nitrogens with zero attached hydrogens (tertiary/aromatic N) is 3. The van der Waals surface area contributed by atoms with E-state index in [2.05, 4.69) is 28.6 Å². The third-order valence-electron chi connectivity index (χ3n) is 5.37. The molecule has 118 valence electrons. The first kappa shape index (κ1) is 15.4. The van der Waals surface area contributed by atoms with Crippen LogP contribution in [-0.4, -0.2) is 61.2 Å². The van der Waals surface area contributed by atoms with E-state index < -0.39 is 0 Å². The molecule has 0 amide bonds. The number of hydrogen-bond donors (Lipinski definition) is 0. The lowest BCUT2D eigenvalue weighted by Gasteiger charge is -2.30. The van der Waals surface area contributed by atoms with Crippen LogP contribution in [0.15, 0.2) is 5.51 Å². The Labute approximate surface area is 132 Å². The van der Waals surface area contributed by atoms with Crippen LogP contribution in [0.4, 0.5) is 0 Å². The van der Waals surface area contributed by atoms with Crippen molar-refractivity contribution in [3.05, 3.63) is 16.1 Å². The van der Waals surface area contributed by atoms with E-state index in [1.807, 2.05) is 12.6 Å². The van der Waals surface area contributed by atoms with Crippen LogP contribution in [0.5, 0.6) is 0 Å². The van der Waals surface area contributed by atoms with Crippen LogP contribution < -0.4 is 0 Å². The van der Waals surface area contributed by atoms with Crippen molar-refractivity contribution in [1.82, 2.24) is 14.8 Å². The third kappa shape index (κ3) is 3.02. The highest BCUT2D eigenvalue weighted by Gasteiger charge is 2.49. The Morgan fingerprint density at radius 3 is 2.90 bits per heavy atom. The molecule has 5 heteroatoms. The Morgan fingerprint density at radius 2 is 2.24 bits per heavy atom. The number of thiazole rings is 1. The minimum absolute atomic E-state index is 0.449. The average Bonchev–Trinajstić information content (AvgIpc) is 3.15. The highest BCUT2D eigenvalue weighted by atomic mass is 32.1. The number of rotatable bonds is 5. The first-order chi connectivity index (χ1) is 10.2. The molecule has 0 saturated carbocycles. The molecule has 2 aliphatic rings. The molecule has 0 radical (unpaired) electrons. The molecule has 1 aromatic rings. The van der Waals surface area contributed by atoms with Crippen molar-refractivity contribution in [2.45, 2.75) is 26.8 Å². The van der Waals surface area contributed by atoms with Gasteiger partial charge in [0, 0.05) is 49.5 Å². The predicted octanol–water partition coefficient (Wildman–Crippen LogP) is 2.24. The molecule has 0 N–H and O–H groups in total. The summed E-state index contributed by atoms with van der Waals surface area (Å²) in [5.41, 5.74) is 3.62. The predicted molar refractivity (Wildman–Crippen MR) is 86.7 cm³/mol. The monoisotopic (exact) mass is 309 g/mol. The van der Waals surface area contributed by atoms with E-state index in [-0.39, 0.29) is 0 Å². The van der Waals surface area contributed by atoms with E-state index in [0.717, 1.165) is 19.7 Å². The SMILES string of the molecule is CCN1C[C@H](COC)[C@]2(CCN(Cc3scnc3C)C2)C1. The molecule has 21 heavy (non-hydrogen) atoms. The van der Waals surface area contributed by atoms with Gasteiger partial charge in [-0.1, -0.05) is 6.92 Å². The van der Waals surface area contributed by atoms with Gasteiger partial charge in [-0.2, -0.15) is 0 Å². The molecule has 0 unspecified atom stereocenters. The zero-order chi connectivity index (χ0) is 14.9. The van der Waals surface area contributed by atoms with Gasteiger partial charge in [0.15, 0.2) is 0 Å². The van der Waals surface area contributed by atoms with Gasteiger partial charge in [-0.15, -0.1) is 11.3 Å². The standard InChI is InChI=1S/C16H27N3OS/c1-4-18-7-14(9-20-3)16(10-18)5-6-19(11-16)8-15-13(2)17-12-21-15/h12,14H,4-11H2,1-3H3/t14-,16-/m1/s1. The Hall–Kier alpha value is -0.490. The fourth-order valence-corrected chi connectivity index (χ4v) is 4.90. The fourth-order valence-electron chi connectivity index (χ4n) is 4.08. The number of hydrogen-bond acceptors (Lipinski definition) is 5. The number of methoxy groups -OCH3 is 1. The van der Waals surface area contributed by atoms with Gasteiger partial charge >= 0.3 is 0 Å². The molecule has 0 aromatic carbocycles. The maximum absolute atomic E-state index is 5.51. The van der Waals surface area contributed by atoms with E-state index in [1.54, 1.807) is 11.3 Å². The molecule has 1 spiro atoms. The van der Waals surface area contributed by atoms with Crippen molar-refractivity contribution in [1.29, 1.82) is 0 Å². The summed E-state index contributed by atoms with van der Waals surface area (Å²) in [6.07, 6.45) is 1.31. The second-order valence-corrected chi connectivity index (χ2v) is 7.60. The van der Waals surface area contributed by atoms with Gasteiger partial charge in [-0.25, -0.2) is 4.98 Å². The Morgan fingerprint density at radius 1 is 1.43 bits per heavy atom. The van der Waals surface area contributed by atoms with Crippen LogP contribution in [0.2, 0.25) is 0 Å². The van der Waals surface area contributed by atoms with Crippen LogP contribution in [0.25, 0.3) is 0 Å². The van der Waals surface area contributed by atoms with Crippen molar-refractivity contribution in [2.75, 3.05) is 46.4 Å². The van der Waals surface area contributed by atoms with Crippen LogP contribution in [-0.2, 0) is 11.3 Å². The maximum Gasteiger partial charge on any atom is 0.0798 e. The molecule has 2 fully saturated rings. The van der Waals surface area contributed by atoms with Gasteiger partial charge < -0.3 is 9.64 Å². The van der Waals surface area contributed by atoms with E-state index in [0.29, 0.717) is 11.3 Å². The minimum Gasteiger partial charge on any atom is -0.384 e. The molecule has 3 rings (SSSR count). The van der Waals surface area contributed by atoms with Gasteiger partial charge in [-0.05, 0) is 26.4 Å². The van der Waals surface area contributed by atoms with E-state index in [1.165, 1.54) is 43.2 Å². The summed E-state index contributed by atoms with van der Waals surface area (Å²) < 4.78 is 5.51. The Balaban J connectivity index is 1.67. The lowest BCUT2D eigenvalue weighted by atomic mass is 9.78. The highest BCUT2D eigenvalue weighted by molar-refractivity contribution is 7.09. The zero-order valence-corrected chi connectivity index (χ0v) is 14.3. The van der Waals surface area contributed by atoms with E-state index in [4.69, 9.17) is 4.74 Å². The van der Waals surface area contributed by atoms with Crippen LogP contribution in [0.1, 0.15) is 23.9 Å². The van der Waals surface area contributed by atoms with Crippen molar-refractivity contribution >= 4 is 11.3 Å². The topological polar surface area (TPSA) is 28.6 Å². The van der Waals surface area contributed by atoms with Crippen molar-refractivity contribution in [3.63, 3.8) is 0 Å². The number of likely N-dealkylation sites (tertiary alicyclic amines) is 2. The summed E-state index contributed by atoms with van der Waals surface area (Å²) in [7, 11) is 1.84. The van der Waals surface area contributed by atoms with Crippen LogP contribution in [0.3, 0.4) is 0 Å². The second kappa shape index (κ2) is 6.32. The molecule has 0 bridgehead atoms. The van der Waals surface area contributed by atoms with Crippen LogP contribution >= 0.6 is 11.3 Å². The summed E-state index contributed by atoms with van der Waals surface area (Å²) in [5, 5.41) is 0. The van der Waals surface area contributed by atoms with Crippen molar-refractivity contribution in [2.24, 2.45) is 11.3 Å². The quantitative estimate of drug-likeness (QED) is 0.834. The van der Waals surface area contributed by atoms with Crippen LogP contribution in [0, 0.1) is 18.3 Å². The number of aromatic nitrogens is 1. The normalized spacial score (nSPS) is 30.7. The Kier molecular flexibility index (Phi) is 4.64. The van der Waals surface area contributed by atoms with Gasteiger partial charge in [0.25, 0.3) is 0 Å². The summed E-state index contributed by atoms with van der Waals surface area (Å²) in [6.45, 7) is 12.4. The Bertz CT molecular complexity index is 478. The highest BCUT2D eigenvalue weighted by Crippen LogP contribution is 2.44. The molecule has 0 aliphatic carbocycles. The molecular formula is C16H27N3OS. The van der Waals surface area contributed by atoms with Gasteiger partial charge in [0.05, 0.1) is 17.8 Å². The van der Waals surface area contributed by atoms with E-state index >= 15 is 0 Å². The molecule has 2 saturated heterocycles.